The lowest BCUT2D eigenvalue weighted by Gasteiger charge is -2.47. The summed E-state index contributed by atoms with van der Waals surface area (Å²) < 4.78 is 12.1. The number of morpholine rings is 1. The molecule has 0 radical (unpaired) electrons. The molecule has 4 aliphatic rings. The van der Waals surface area contributed by atoms with Gasteiger partial charge in [0, 0.05) is 68.1 Å². The number of ether oxygens (including phenoxy) is 2. The number of carbonyl (C=O) groups excluding carboxylic acids is 1. The van der Waals surface area contributed by atoms with Crippen LogP contribution in [-0.4, -0.2) is 94.2 Å². The second-order valence-electron chi connectivity index (χ2n) is 10.9. The lowest BCUT2D eigenvalue weighted by Crippen LogP contribution is -2.61. The number of hydrogen-bond donors (Lipinski definition) is 2. The first kappa shape index (κ1) is 25.8. The summed E-state index contributed by atoms with van der Waals surface area (Å²) in [5.74, 6) is 7.77. The van der Waals surface area contributed by atoms with Crippen LogP contribution in [0, 0.1) is 11.8 Å². The molecular weight excluding hydrogens is 520 g/mol. The first-order valence-corrected chi connectivity index (χ1v) is 14.4. The van der Waals surface area contributed by atoms with Crippen LogP contribution in [0.15, 0.2) is 30.7 Å². The van der Waals surface area contributed by atoms with Crippen LogP contribution in [0.25, 0.3) is 11.5 Å². The highest BCUT2D eigenvalue weighted by Crippen LogP contribution is 2.43. The number of imidazole rings is 1. The topological polar surface area (TPSA) is 112 Å². The Labute approximate surface area is 239 Å². The van der Waals surface area contributed by atoms with Gasteiger partial charge in [0.15, 0.2) is 11.6 Å². The molecule has 0 aromatic carbocycles. The largest absolute Gasteiger partial charge is 0.484 e. The highest BCUT2D eigenvalue weighted by molar-refractivity contribution is 5.94. The zero-order chi connectivity index (χ0) is 27.8. The van der Waals surface area contributed by atoms with E-state index in [0.29, 0.717) is 49.0 Å². The number of H-pyrrole nitrogens is 1. The molecule has 0 aliphatic carbocycles. The Morgan fingerprint density at radius 1 is 1.10 bits per heavy atom. The van der Waals surface area contributed by atoms with Crippen molar-refractivity contribution in [2.75, 3.05) is 62.7 Å². The summed E-state index contributed by atoms with van der Waals surface area (Å²) >= 11 is 0. The molecule has 11 nitrogen and oxygen atoms in total. The number of carbonyl (C=O) groups is 1. The van der Waals surface area contributed by atoms with E-state index in [1.54, 1.807) is 13.1 Å². The smallest absolute Gasteiger partial charge is 0.298 e. The molecule has 4 aliphatic heterocycles. The third kappa shape index (κ3) is 4.98. The van der Waals surface area contributed by atoms with E-state index < -0.39 is 0 Å². The summed E-state index contributed by atoms with van der Waals surface area (Å²) in [7, 11) is 0. The molecular formula is C30H34N8O3. The maximum absolute atomic E-state index is 12.0. The van der Waals surface area contributed by atoms with Crippen LogP contribution in [0.3, 0.4) is 0 Å². The molecule has 1 amide bonds. The molecule has 212 valence electrons. The Bertz CT molecular complexity index is 1480. The number of aromatic nitrogens is 4. The van der Waals surface area contributed by atoms with Crippen LogP contribution in [0.4, 0.5) is 17.2 Å². The van der Waals surface area contributed by atoms with Gasteiger partial charge in [-0.25, -0.2) is 15.0 Å². The number of likely N-dealkylation sites (tertiary alicyclic amines) is 2. The fourth-order valence-corrected chi connectivity index (χ4v) is 6.26. The first-order valence-electron chi connectivity index (χ1n) is 14.4. The third-order valence-electron chi connectivity index (χ3n) is 8.56. The fourth-order valence-electron chi connectivity index (χ4n) is 6.26. The van der Waals surface area contributed by atoms with Crippen LogP contribution in [-0.2, 0) is 16.1 Å². The second-order valence-corrected chi connectivity index (χ2v) is 10.9. The van der Waals surface area contributed by atoms with Crippen molar-refractivity contribution in [3.63, 3.8) is 0 Å². The summed E-state index contributed by atoms with van der Waals surface area (Å²) in [5, 5.41) is 3.60. The molecule has 0 spiro atoms. The predicted octanol–water partition coefficient (Wildman–Crippen LogP) is 2.75. The van der Waals surface area contributed by atoms with Gasteiger partial charge in [-0.05, 0) is 50.9 Å². The van der Waals surface area contributed by atoms with E-state index in [1.807, 2.05) is 17.3 Å². The van der Waals surface area contributed by atoms with Crippen LogP contribution < -0.4 is 15.0 Å². The Balaban J connectivity index is 1.13. The quantitative estimate of drug-likeness (QED) is 0.470. The molecule has 0 bridgehead atoms. The molecule has 0 unspecified atom stereocenters. The number of amides is 1. The van der Waals surface area contributed by atoms with Crippen molar-refractivity contribution in [3.8, 4) is 29.1 Å². The normalized spacial score (nSPS) is 19.5. The molecule has 7 rings (SSSR count). The zero-order valence-corrected chi connectivity index (χ0v) is 23.2. The van der Waals surface area contributed by atoms with Crippen LogP contribution in [0.2, 0.25) is 0 Å². The third-order valence-corrected chi connectivity index (χ3v) is 8.56. The van der Waals surface area contributed by atoms with E-state index in [9.17, 15) is 4.79 Å². The van der Waals surface area contributed by atoms with Gasteiger partial charge in [0.1, 0.15) is 18.1 Å². The first-order chi connectivity index (χ1) is 20.2. The van der Waals surface area contributed by atoms with Crippen molar-refractivity contribution in [3.05, 3.63) is 42.0 Å². The molecule has 3 aromatic rings. The van der Waals surface area contributed by atoms with Gasteiger partial charge < -0.3 is 29.6 Å². The number of nitrogens with zero attached hydrogens (tertiary/aromatic N) is 6. The summed E-state index contributed by atoms with van der Waals surface area (Å²) in [5.41, 5.74) is 4.76. The van der Waals surface area contributed by atoms with Crippen molar-refractivity contribution in [1.29, 1.82) is 0 Å². The van der Waals surface area contributed by atoms with E-state index in [1.165, 1.54) is 0 Å². The van der Waals surface area contributed by atoms with Crippen molar-refractivity contribution in [2.45, 2.75) is 38.3 Å². The van der Waals surface area contributed by atoms with Gasteiger partial charge in [0.05, 0.1) is 24.5 Å². The number of pyridine rings is 2. The van der Waals surface area contributed by atoms with E-state index in [2.05, 4.69) is 49.1 Å². The minimum atomic E-state index is -0.0684. The number of fused-ring (bicyclic) bond motifs is 2. The van der Waals surface area contributed by atoms with E-state index >= 15 is 0 Å². The van der Waals surface area contributed by atoms with E-state index in [4.69, 9.17) is 19.4 Å². The van der Waals surface area contributed by atoms with Crippen molar-refractivity contribution < 1.29 is 14.3 Å². The maximum atomic E-state index is 12.0. The molecule has 41 heavy (non-hydrogen) atoms. The number of hydrogen-bond acceptors (Lipinski definition) is 9. The second kappa shape index (κ2) is 11.0. The summed E-state index contributed by atoms with van der Waals surface area (Å²) in [4.78, 5) is 36.3. The Hall–Kier alpha value is -4.14. The molecule has 11 heteroatoms. The Kier molecular flexibility index (Phi) is 6.94. The van der Waals surface area contributed by atoms with Gasteiger partial charge in [-0.1, -0.05) is 5.92 Å². The molecule has 7 heterocycles. The maximum Gasteiger partial charge on any atom is 0.298 e. The van der Waals surface area contributed by atoms with Gasteiger partial charge in [-0.15, -0.1) is 0 Å². The highest BCUT2D eigenvalue weighted by atomic mass is 16.5. The number of anilines is 3. The SMILES string of the molecule is CC#CC(=O)N1CC(N2CCC(c3cc4c(c(-c5ncc[nH]5)n3)OCc3c(N5CCOCC5)ccnc3N4)CC2)C1. The summed E-state index contributed by atoms with van der Waals surface area (Å²) in [6.07, 6.45) is 7.41. The van der Waals surface area contributed by atoms with Crippen LogP contribution in [0.1, 0.15) is 36.9 Å². The monoisotopic (exact) mass is 554 g/mol. The zero-order valence-electron chi connectivity index (χ0n) is 23.2. The number of rotatable bonds is 4. The molecule has 3 saturated heterocycles. The minimum absolute atomic E-state index is 0.0684. The fraction of sp³-hybridized carbons (Fsp3) is 0.467. The van der Waals surface area contributed by atoms with Gasteiger partial charge in [-0.2, -0.15) is 0 Å². The van der Waals surface area contributed by atoms with Crippen LogP contribution in [0.5, 0.6) is 5.75 Å². The number of aromatic amines is 1. The molecule has 3 aromatic heterocycles. The molecule has 0 atom stereocenters. The lowest BCUT2D eigenvalue weighted by atomic mass is 9.90. The Morgan fingerprint density at radius 2 is 1.93 bits per heavy atom. The van der Waals surface area contributed by atoms with Crippen LogP contribution >= 0.6 is 0 Å². The number of nitrogens with one attached hydrogen (secondary N) is 2. The van der Waals surface area contributed by atoms with Gasteiger partial charge in [0.2, 0.25) is 0 Å². The van der Waals surface area contributed by atoms with E-state index in [0.717, 1.165) is 80.6 Å². The predicted molar refractivity (Wildman–Crippen MR) is 154 cm³/mol. The Morgan fingerprint density at radius 3 is 2.68 bits per heavy atom. The summed E-state index contributed by atoms with van der Waals surface area (Å²) in [6, 6.07) is 4.60. The average Bonchev–Trinajstić information content (AvgIpc) is 3.45. The van der Waals surface area contributed by atoms with Gasteiger partial charge >= 0.3 is 0 Å². The van der Waals surface area contributed by atoms with Crippen molar-refractivity contribution in [1.82, 2.24) is 29.7 Å². The molecule has 0 saturated carbocycles. The number of piperidine rings is 1. The molecule has 3 fully saturated rings. The van der Waals surface area contributed by atoms with Crippen molar-refractivity contribution in [2.24, 2.45) is 0 Å². The van der Waals surface area contributed by atoms with Crippen molar-refractivity contribution >= 4 is 23.1 Å². The van der Waals surface area contributed by atoms with Gasteiger partial charge in [-0.3, -0.25) is 9.69 Å². The minimum Gasteiger partial charge on any atom is -0.484 e. The highest BCUT2D eigenvalue weighted by Gasteiger charge is 2.37. The average molecular weight is 555 g/mol. The standard InChI is InChI=1S/C30H34N8O3/c1-2-3-26(39)38-17-21(18-38)36-10-5-20(6-11-36)23-16-24-28(27(34-23)30-32-8-9-33-30)41-19-22-25(4-7-31-29(22)35-24)37-12-14-40-15-13-37/h4,7-9,16,20-21H,5-6,10-15,17-19H2,1H3,(H,31,35)(H,32,33). The summed E-state index contributed by atoms with van der Waals surface area (Å²) in [6.45, 7) is 8.67. The van der Waals surface area contributed by atoms with Gasteiger partial charge in [0.25, 0.3) is 5.91 Å². The van der Waals surface area contributed by atoms with E-state index in [-0.39, 0.29) is 5.91 Å². The lowest BCUT2D eigenvalue weighted by molar-refractivity contribution is -0.132. The molecule has 2 N–H and O–H groups in total.